The van der Waals surface area contributed by atoms with Gasteiger partial charge in [0.05, 0.1) is 11.1 Å². The first-order valence-electron chi connectivity index (χ1n) is 4.51. The summed E-state index contributed by atoms with van der Waals surface area (Å²) in [5, 5.41) is 26.2. The predicted octanol–water partition coefficient (Wildman–Crippen LogP) is 1.35. The summed E-state index contributed by atoms with van der Waals surface area (Å²) < 4.78 is 0. The van der Waals surface area contributed by atoms with E-state index in [0.717, 1.165) is 6.92 Å². The highest BCUT2D eigenvalue weighted by Gasteiger charge is 2.13. The maximum Gasteiger partial charge on any atom is 0.352 e. The van der Waals surface area contributed by atoms with Crippen molar-refractivity contribution in [2.75, 3.05) is 0 Å². The summed E-state index contributed by atoms with van der Waals surface area (Å²) in [5.74, 6) is -3.30. The number of carboxylic acid groups (broad SMARTS) is 2. The van der Waals surface area contributed by atoms with Crippen LogP contribution < -0.4 is 0 Å². The third kappa shape index (κ3) is 4.78. The van der Waals surface area contributed by atoms with Gasteiger partial charge in [0.2, 0.25) is 0 Å². The second-order valence-electron chi connectivity index (χ2n) is 3.08. The van der Waals surface area contributed by atoms with Crippen molar-refractivity contribution in [1.29, 1.82) is 0 Å². The maximum atomic E-state index is 10.6. The van der Waals surface area contributed by atoms with E-state index in [1.807, 2.05) is 0 Å². The molecule has 0 aliphatic carbocycles. The molecule has 0 amide bonds. The van der Waals surface area contributed by atoms with Crippen molar-refractivity contribution in [2.24, 2.45) is 0 Å². The van der Waals surface area contributed by atoms with Gasteiger partial charge in [-0.25, -0.2) is 19.5 Å². The van der Waals surface area contributed by atoms with Crippen LogP contribution in [0.1, 0.15) is 33.2 Å². The molecule has 1 radical (unpaired) electrons. The molecule has 1 aromatic carbocycles. The molecule has 0 aliphatic heterocycles. The Balaban J connectivity index is 0.000000557. The topological polar surface area (TPSA) is 112 Å². The number of benzene rings is 1. The van der Waals surface area contributed by atoms with Crippen molar-refractivity contribution >= 4 is 17.9 Å². The first-order chi connectivity index (χ1) is 7.77. The summed E-state index contributed by atoms with van der Waals surface area (Å²) in [6.45, 7) is 2.45. The molecule has 0 heterocycles. The van der Waals surface area contributed by atoms with Crippen LogP contribution in [0.25, 0.3) is 0 Å². The highest BCUT2D eigenvalue weighted by molar-refractivity contribution is 5.96. The first-order valence-corrected chi connectivity index (χ1v) is 4.51. The number of rotatable bonds is 2. The molecule has 0 saturated heterocycles. The maximum absolute atomic E-state index is 10.6. The molecule has 0 atom stereocenters. The van der Waals surface area contributed by atoms with Gasteiger partial charge in [0.25, 0.3) is 0 Å². The van der Waals surface area contributed by atoms with Gasteiger partial charge in [-0.1, -0.05) is 6.07 Å². The molecule has 0 bridgehead atoms. The summed E-state index contributed by atoms with van der Waals surface area (Å²) in [7, 11) is 0. The minimum absolute atomic E-state index is 0.0277. The summed E-state index contributed by atoms with van der Waals surface area (Å²) in [6, 6.07) is 4.17. The van der Waals surface area contributed by atoms with Gasteiger partial charge < -0.3 is 10.2 Å². The van der Waals surface area contributed by atoms with E-state index in [0.29, 0.717) is 0 Å². The van der Waals surface area contributed by atoms with E-state index < -0.39 is 17.9 Å². The number of hydrogen-bond donors (Lipinski definition) is 2. The fraction of sp³-hybridized carbons (Fsp3) is 0.182. The van der Waals surface area contributed by atoms with Crippen molar-refractivity contribution in [3.63, 3.8) is 0 Å². The smallest absolute Gasteiger partial charge is 0.352 e. The fourth-order valence-corrected chi connectivity index (χ4v) is 1.10. The molecule has 6 nitrogen and oxygen atoms in total. The molecule has 17 heavy (non-hydrogen) atoms. The molecule has 1 aromatic rings. The van der Waals surface area contributed by atoms with Gasteiger partial charge in [0.15, 0.2) is 0 Å². The zero-order chi connectivity index (χ0) is 13.6. The Kier molecular flexibility index (Phi) is 5.39. The van der Waals surface area contributed by atoms with Crippen LogP contribution in [0.5, 0.6) is 0 Å². The third-order valence-corrected chi connectivity index (χ3v) is 1.79. The molecule has 0 unspecified atom stereocenters. The minimum atomic E-state index is -1.11. The Hall–Kier alpha value is -2.37. The van der Waals surface area contributed by atoms with Crippen molar-refractivity contribution < 1.29 is 29.7 Å². The van der Waals surface area contributed by atoms with Gasteiger partial charge in [-0.2, -0.15) is 0 Å². The van der Waals surface area contributed by atoms with Gasteiger partial charge in [0.1, 0.15) is 0 Å². The zero-order valence-electron chi connectivity index (χ0n) is 9.26. The quantitative estimate of drug-likeness (QED) is 0.809. The van der Waals surface area contributed by atoms with Gasteiger partial charge in [-0.15, -0.1) is 0 Å². The minimum Gasteiger partial charge on any atom is -0.478 e. The molecule has 91 valence electrons. The van der Waals surface area contributed by atoms with Crippen LogP contribution >= 0.6 is 0 Å². The number of hydrogen-bond acceptors (Lipinski definition) is 3. The van der Waals surface area contributed by atoms with E-state index >= 15 is 0 Å². The van der Waals surface area contributed by atoms with E-state index in [4.69, 9.17) is 20.1 Å². The molecule has 2 N–H and O–H groups in total. The summed E-state index contributed by atoms with van der Waals surface area (Å²) in [4.78, 5) is 30.1. The van der Waals surface area contributed by atoms with Crippen molar-refractivity contribution in [3.05, 3.63) is 34.9 Å². The van der Waals surface area contributed by atoms with Gasteiger partial charge >= 0.3 is 17.9 Å². The molecule has 0 fully saturated rings. The van der Waals surface area contributed by atoms with Gasteiger partial charge in [0, 0.05) is 6.92 Å². The van der Waals surface area contributed by atoms with Crippen LogP contribution in [0.4, 0.5) is 0 Å². The lowest BCUT2D eigenvalue weighted by Gasteiger charge is -2.03. The lowest BCUT2D eigenvalue weighted by Crippen LogP contribution is -2.06. The van der Waals surface area contributed by atoms with Crippen LogP contribution in [-0.2, 0) is 9.90 Å². The SMILES string of the molecule is CC([O])=O.Cc1c(C(=O)O)cccc1C(=O)O. The monoisotopic (exact) mass is 239 g/mol. The van der Waals surface area contributed by atoms with Crippen LogP contribution in [0.15, 0.2) is 18.2 Å². The predicted molar refractivity (Wildman–Crippen MR) is 56.5 cm³/mol. The standard InChI is InChI=1S/C9H8O4.C2H3O2/c1-5-6(8(10)11)3-2-4-7(5)9(12)13;1-2(3)4/h2-4H,1H3,(H,10,11)(H,12,13);1H3. The van der Waals surface area contributed by atoms with Crippen molar-refractivity contribution in [2.45, 2.75) is 13.8 Å². The molecule has 0 spiro atoms. The average Bonchev–Trinajstić information content (AvgIpc) is 2.15. The van der Waals surface area contributed by atoms with E-state index in [2.05, 4.69) is 0 Å². The fourth-order valence-electron chi connectivity index (χ4n) is 1.10. The van der Waals surface area contributed by atoms with E-state index in [1.165, 1.54) is 25.1 Å². The van der Waals surface area contributed by atoms with Gasteiger partial charge in [-0.3, -0.25) is 0 Å². The number of carboxylic acids is 2. The average molecular weight is 239 g/mol. The molecule has 6 heteroatoms. The number of carbonyl (C=O) groups excluding carboxylic acids is 1. The normalized spacial score (nSPS) is 8.82. The van der Waals surface area contributed by atoms with Gasteiger partial charge in [-0.05, 0) is 24.6 Å². The Bertz CT molecular complexity index is 413. The summed E-state index contributed by atoms with van der Waals surface area (Å²) >= 11 is 0. The second kappa shape index (κ2) is 6.26. The van der Waals surface area contributed by atoms with Crippen molar-refractivity contribution in [3.8, 4) is 0 Å². The van der Waals surface area contributed by atoms with E-state index in [9.17, 15) is 9.59 Å². The Morgan fingerprint density at radius 1 is 1.00 bits per heavy atom. The van der Waals surface area contributed by atoms with Crippen LogP contribution in [0.2, 0.25) is 0 Å². The molecule has 0 saturated carbocycles. The lowest BCUT2D eigenvalue weighted by atomic mass is 10.0. The van der Waals surface area contributed by atoms with Crippen LogP contribution in [0.3, 0.4) is 0 Å². The molecule has 0 aliphatic rings. The van der Waals surface area contributed by atoms with E-state index in [1.54, 1.807) is 0 Å². The van der Waals surface area contributed by atoms with Crippen LogP contribution in [-0.4, -0.2) is 28.1 Å². The third-order valence-electron chi connectivity index (χ3n) is 1.79. The molecular formula is C11H11O6. The zero-order valence-corrected chi connectivity index (χ0v) is 9.26. The van der Waals surface area contributed by atoms with Crippen LogP contribution in [0, 0.1) is 6.92 Å². The Labute approximate surface area is 97.1 Å². The highest BCUT2D eigenvalue weighted by atomic mass is 16.4. The largest absolute Gasteiger partial charge is 0.478 e. The second-order valence-corrected chi connectivity index (χ2v) is 3.08. The molecule has 1 rings (SSSR count). The van der Waals surface area contributed by atoms with Crippen molar-refractivity contribution in [1.82, 2.24) is 0 Å². The number of carbonyl (C=O) groups is 3. The number of aromatic carboxylic acids is 2. The lowest BCUT2D eigenvalue weighted by molar-refractivity contribution is -0.140. The summed E-state index contributed by atoms with van der Waals surface area (Å²) in [5.41, 5.74) is 0.335. The highest BCUT2D eigenvalue weighted by Crippen LogP contribution is 2.13. The Morgan fingerprint density at radius 3 is 1.53 bits per heavy atom. The van der Waals surface area contributed by atoms with E-state index in [-0.39, 0.29) is 16.7 Å². The summed E-state index contributed by atoms with van der Waals surface area (Å²) in [6.07, 6.45) is 0. The molecule has 0 aromatic heterocycles. The molecular weight excluding hydrogens is 228 g/mol. The first kappa shape index (κ1) is 14.6. The Morgan fingerprint density at radius 2 is 1.29 bits per heavy atom.